The summed E-state index contributed by atoms with van der Waals surface area (Å²) in [7, 11) is 0. The number of likely N-dealkylation sites (tertiary alicyclic amines) is 1. The van der Waals surface area contributed by atoms with Crippen LogP contribution in [0.2, 0.25) is 5.02 Å². The molecule has 4 aromatic rings. The molecule has 1 aromatic heterocycles. The number of halogens is 1. The molecule has 3 aromatic carbocycles. The van der Waals surface area contributed by atoms with E-state index in [1.54, 1.807) is 0 Å². The van der Waals surface area contributed by atoms with E-state index in [1.165, 1.54) is 45.6 Å². The second-order valence-electron chi connectivity index (χ2n) is 9.75. The highest BCUT2D eigenvalue weighted by atomic mass is 35.5. The number of aromatic nitrogens is 1. The average molecular weight is 495 g/mol. The molecular formula is C33H35ClN2. The lowest BCUT2D eigenvalue weighted by atomic mass is 9.89. The molecule has 184 valence electrons. The first-order chi connectivity index (χ1) is 17.7. The number of benzene rings is 3. The maximum absolute atomic E-state index is 6.40. The van der Waals surface area contributed by atoms with Crippen LogP contribution in [-0.2, 0) is 13.1 Å². The Kier molecular flexibility index (Phi) is 8.05. The van der Waals surface area contributed by atoms with Gasteiger partial charge in [-0.1, -0.05) is 96.6 Å². The van der Waals surface area contributed by atoms with Crippen molar-refractivity contribution in [2.24, 2.45) is 0 Å². The third-order valence-electron chi connectivity index (χ3n) is 7.36. The first kappa shape index (κ1) is 24.6. The van der Waals surface area contributed by atoms with Crippen molar-refractivity contribution in [1.82, 2.24) is 9.47 Å². The zero-order valence-electron chi connectivity index (χ0n) is 21.1. The van der Waals surface area contributed by atoms with Gasteiger partial charge in [0, 0.05) is 29.7 Å². The molecule has 0 radical (unpaired) electrons. The van der Waals surface area contributed by atoms with Crippen molar-refractivity contribution in [3.05, 3.63) is 119 Å². The molecule has 1 aliphatic rings. The fourth-order valence-corrected chi connectivity index (χ4v) is 5.64. The second-order valence-corrected chi connectivity index (χ2v) is 10.2. The number of allylic oxidation sites excluding steroid dienone is 6. The monoisotopic (exact) mass is 494 g/mol. The van der Waals surface area contributed by atoms with E-state index >= 15 is 0 Å². The normalized spacial score (nSPS) is 15.9. The van der Waals surface area contributed by atoms with Crippen molar-refractivity contribution >= 4 is 33.3 Å². The summed E-state index contributed by atoms with van der Waals surface area (Å²) in [4.78, 5) is 2.62. The van der Waals surface area contributed by atoms with Gasteiger partial charge in [-0.3, -0.25) is 4.90 Å². The van der Waals surface area contributed by atoms with Gasteiger partial charge in [0.15, 0.2) is 0 Å². The molecule has 0 saturated carbocycles. The van der Waals surface area contributed by atoms with E-state index < -0.39 is 0 Å². The van der Waals surface area contributed by atoms with Crippen molar-refractivity contribution in [3.63, 3.8) is 0 Å². The zero-order valence-corrected chi connectivity index (χ0v) is 21.9. The quantitative estimate of drug-likeness (QED) is 0.175. The van der Waals surface area contributed by atoms with E-state index in [1.807, 2.05) is 19.1 Å². The largest absolute Gasteiger partial charge is 0.343 e. The number of rotatable bonds is 8. The Balaban J connectivity index is 1.28. The molecule has 1 aliphatic heterocycles. The van der Waals surface area contributed by atoms with Crippen molar-refractivity contribution in [1.29, 1.82) is 0 Å². The first-order valence-corrected chi connectivity index (χ1v) is 13.5. The number of piperidine rings is 1. The van der Waals surface area contributed by atoms with Crippen LogP contribution in [0.4, 0.5) is 0 Å². The molecule has 0 amide bonds. The van der Waals surface area contributed by atoms with Gasteiger partial charge >= 0.3 is 0 Å². The molecular weight excluding hydrogens is 460 g/mol. The van der Waals surface area contributed by atoms with Crippen LogP contribution in [-0.4, -0.2) is 22.6 Å². The van der Waals surface area contributed by atoms with Crippen molar-refractivity contribution < 1.29 is 0 Å². The lowest BCUT2D eigenvalue weighted by Crippen LogP contribution is -2.32. The summed E-state index contributed by atoms with van der Waals surface area (Å²) in [6, 6.07) is 21.8. The average Bonchev–Trinajstić information content (AvgIpc) is 3.26. The smallest absolute Gasteiger partial charge is 0.0501 e. The number of fused-ring (bicyclic) bond motifs is 2. The predicted molar refractivity (Wildman–Crippen MR) is 156 cm³/mol. The third kappa shape index (κ3) is 5.67. The fraction of sp³-hybridized carbons (Fsp3) is 0.273. The Hall–Kier alpha value is -3.07. The molecule has 2 nitrogen and oxygen atoms in total. The van der Waals surface area contributed by atoms with Crippen molar-refractivity contribution in [2.45, 2.75) is 45.2 Å². The third-order valence-corrected chi connectivity index (χ3v) is 7.59. The number of hydrogen-bond donors (Lipinski definition) is 0. The summed E-state index contributed by atoms with van der Waals surface area (Å²) < 4.78 is 2.37. The maximum atomic E-state index is 6.40. The van der Waals surface area contributed by atoms with E-state index in [0.717, 1.165) is 37.6 Å². The van der Waals surface area contributed by atoms with Crippen LogP contribution < -0.4 is 0 Å². The number of hydrogen-bond acceptors (Lipinski definition) is 1. The zero-order chi connectivity index (χ0) is 24.7. The molecule has 36 heavy (non-hydrogen) atoms. The Morgan fingerprint density at radius 1 is 0.889 bits per heavy atom. The SMILES string of the molecule is C/C=C\C=CC/C=C/Cn1cc(C2CCN(Cc3cccc4ccccc34)CC2)c2ccc(Cl)cc21. The summed E-state index contributed by atoms with van der Waals surface area (Å²) in [5.41, 5.74) is 4.16. The molecule has 0 atom stereocenters. The summed E-state index contributed by atoms with van der Waals surface area (Å²) >= 11 is 6.40. The molecule has 0 spiro atoms. The molecule has 5 rings (SSSR count). The van der Waals surface area contributed by atoms with Crippen LogP contribution in [0.25, 0.3) is 21.7 Å². The Labute approximate surface area is 220 Å². The fourth-order valence-electron chi connectivity index (χ4n) is 5.47. The second kappa shape index (κ2) is 11.8. The van der Waals surface area contributed by atoms with Gasteiger partial charge in [0.25, 0.3) is 0 Å². The molecule has 1 saturated heterocycles. The van der Waals surface area contributed by atoms with Crippen LogP contribution in [0, 0.1) is 0 Å². The minimum Gasteiger partial charge on any atom is -0.343 e. The van der Waals surface area contributed by atoms with Gasteiger partial charge in [0.2, 0.25) is 0 Å². The highest BCUT2D eigenvalue weighted by Crippen LogP contribution is 2.36. The molecule has 3 heteroatoms. The van der Waals surface area contributed by atoms with Crippen LogP contribution >= 0.6 is 11.6 Å². The van der Waals surface area contributed by atoms with Crippen LogP contribution in [0.5, 0.6) is 0 Å². The summed E-state index contributed by atoms with van der Waals surface area (Å²) in [6.45, 7) is 6.20. The molecule has 2 heterocycles. The number of nitrogens with zero attached hydrogens (tertiary/aromatic N) is 2. The summed E-state index contributed by atoms with van der Waals surface area (Å²) in [5.74, 6) is 0.589. The maximum Gasteiger partial charge on any atom is 0.0501 e. The lowest BCUT2D eigenvalue weighted by Gasteiger charge is -2.32. The van der Waals surface area contributed by atoms with E-state index in [2.05, 4.69) is 101 Å². The van der Waals surface area contributed by atoms with Crippen LogP contribution in [0.15, 0.2) is 103 Å². The Morgan fingerprint density at radius 2 is 1.72 bits per heavy atom. The van der Waals surface area contributed by atoms with E-state index in [9.17, 15) is 0 Å². The summed E-state index contributed by atoms with van der Waals surface area (Å²) in [5, 5.41) is 4.87. The van der Waals surface area contributed by atoms with Gasteiger partial charge in [-0.15, -0.1) is 0 Å². The predicted octanol–water partition coefficient (Wildman–Crippen LogP) is 8.91. The van der Waals surface area contributed by atoms with E-state index in [4.69, 9.17) is 11.6 Å². The minimum atomic E-state index is 0.589. The topological polar surface area (TPSA) is 8.17 Å². The van der Waals surface area contributed by atoms with Gasteiger partial charge in [-0.05, 0) is 79.2 Å². The standard InChI is InChI=1S/C33H35ClN2/c1-2-3-4-5-6-7-10-20-36-25-32(31-17-16-29(34)23-33(31)36)27-18-21-35(22-19-27)24-28-14-11-13-26-12-8-9-15-30(26)28/h2-5,7-17,23,25,27H,6,18-22,24H2,1H3/b3-2-,5-4?,10-7+. The highest BCUT2D eigenvalue weighted by Gasteiger charge is 2.24. The van der Waals surface area contributed by atoms with Gasteiger partial charge in [0.05, 0.1) is 5.52 Å². The highest BCUT2D eigenvalue weighted by molar-refractivity contribution is 6.31. The van der Waals surface area contributed by atoms with Crippen LogP contribution in [0.3, 0.4) is 0 Å². The minimum absolute atomic E-state index is 0.589. The summed E-state index contributed by atoms with van der Waals surface area (Å²) in [6.07, 6.45) is 18.6. The molecule has 1 fully saturated rings. The Morgan fingerprint density at radius 3 is 2.58 bits per heavy atom. The van der Waals surface area contributed by atoms with Crippen molar-refractivity contribution in [2.75, 3.05) is 13.1 Å². The van der Waals surface area contributed by atoms with Crippen molar-refractivity contribution in [3.8, 4) is 0 Å². The molecule has 0 unspecified atom stereocenters. The van der Waals surface area contributed by atoms with Crippen LogP contribution in [0.1, 0.15) is 43.2 Å². The lowest BCUT2D eigenvalue weighted by molar-refractivity contribution is 0.205. The van der Waals surface area contributed by atoms with Gasteiger partial charge in [-0.2, -0.15) is 0 Å². The first-order valence-electron chi connectivity index (χ1n) is 13.1. The van der Waals surface area contributed by atoms with Gasteiger partial charge in [-0.25, -0.2) is 0 Å². The van der Waals surface area contributed by atoms with E-state index in [0.29, 0.717) is 5.92 Å². The Bertz CT molecular complexity index is 1390. The molecule has 0 N–H and O–H groups in total. The van der Waals surface area contributed by atoms with Gasteiger partial charge in [0.1, 0.15) is 0 Å². The molecule has 0 bridgehead atoms. The van der Waals surface area contributed by atoms with E-state index in [-0.39, 0.29) is 0 Å². The molecule has 0 aliphatic carbocycles. The van der Waals surface area contributed by atoms with Gasteiger partial charge < -0.3 is 4.57 Å².